The quantitative estimate of drug-likeness (QED) is 0.600. The number of carbonyl (C=O) groups excluding carboxylic acids is 4. The fraction of sp³-hybridized carbons (Fsp3) is 0.273. The molecule has 3 rings (SSSR count). The van der Waals surface area contributed by atoms with E-state index in [1.807, 2.05) is 19.1 Å². The second-order valence-corrected chi connectivity index (χ2v) is 6.76. The van der Waals surface area contributed by atoms with Crippen LogP contribution in [-0.2, 0) is 25.5 Å². The lowest BCUT2D eigenvalue weighted by Crippen LogP contribution is -2.30. The van der Waals surface area contributed by atoms with Crippen molar-refractivity contribution in [3.8, 4) is 0 Å². The zero-order chi connectivity index (χ0) is 21.0. The number of imide groups is 1. The van der Waals surface area contributed by atoms with Gasteiger partial charge in [0, 0.05) is 18.5 Å². The van der Waals surface area contributed by atoms with Crippen LogP contribution >= 0.6 is 0 Å². The molecule has 1 N–H and O–H groups in total. The summed E-state index contributed by atoms with van der Waals surface area (Å²) in [5, 5.41) is 2.71. The van der Waals surface area contributed by atoms with Gasteiger partial charge in [-0.1, -0.05) is 19.1 Å². The minimum Gasteiger partial charge on any atom is -0.449 e. The first-order chi connectivity index (χ1) is 13.9. The molecule has 2 aromatic carbocycles. The lowest BCUT2D eigenvalue weighted by molar-refractivity contribution is -0.124. The lowest BCUT2D eigenvalue weighted by Gasteiger charge is -2.15. The first kappa shape index (κ1) is 20.3. The number of hydrogen-bond donors (Lipinski definition) is 1. The van der Waals surface area contributed by atoms with Crippen LogP contribution in [0.2, 0.25) is 0 Å². The average molecular weight is 394 g/mol. The lowest BCUT2D eigenvalue weighted by atomic mass is 10.1. The van der Waals surface area contributed by atoms with Crippen molar-refractivity contribution < 1.29 is 23.9 Å². The molecule has 0 spiro atoms. The fourth-order valence-corrected chi connectivity index (χ4v) is 2.96. The summed E-state index contributed by atoms with van der Waals surface area (Å²) in [6, 6.07) is 13.4. The fourth-order valence-electron chi connectivity index (χ4n) is 2.96. The van der Waals surface area contributed by atoms with Gasteiger partial charge in [-0.2, -0.15) is 0 Å². The van der Waals surface area contributed by atoms with Crippen molar-refractivity contribution in [2.75, 3.05) is 10.2 Å². The Bertz CT molecular complexity index is 919. The SMILES string of the molecule is CCc1ccc(NC(=O)[C@H](C)OC(=O)c2ccc(N3C(=O)CCC3=O)cc2)cc1. The van der Waals surface area contributed by atoms with Crippen LogP contribution in [0.15, 0.2) is 48.5 Å². The van der Waals surface area contributed by atoms with E-state index in [9.17, 15) is 19.2 Å². The Kier molecular flexibility index (Phi) is 6.07. The summed E-state index contributed by atoms with van der Waals surface area (Å²) in [6.07, 6.45) is 0.295. The molecule has 1 aliphatic heterocycles. The maximum absolute atomic E-state index is 12.3. The average Bonchev–Trinajstić information content (AvgIpc) is 3.06. The van der Waals surface area contributed by atoms with Crippen LogP contribution in [0.4, 0.5) is 11.4 Å². The molecular formula is C22H22N2O5. The second kappa shape index (κ2) is 8.68. The standard InChI is InChI=1S/C22H22N2O5/c1-3-15-4-8-17(9-5-15)23-21(27)14(2)29-22(28)16-6-10-18(11-7-16)24-19(25)12-13-20(24)26/h4-11,14H,3,12-13H2,1-2H3,(H,23,27)/t14-/m0/s1. The van der Waals surface area contributed by atoms with E-state index in [1.165, 1.54) is 31.2 Å². The predicted octanol–water partition coefficient (Wildman–Crippen LogP) is 3.09. The number of esters is 1. The molecule has 1 saturated heterocycles. The van der Waals surface area contributed by atoms with Gasteiger partial charge in [-0.25, -0.2) is 4.79 Å². The number of carbonyl (C=O) groups is 4. The van der Waals surface area contributed by atoms with Crippen molar-refractivity contribution in [2.24, 2.45) is 0 Å². The first-order valence-corrected chi connectivity index (χ1v) is 9.45. The molecule has 0 radical (unpaired) electrons. The summed E-state index contributed by atoms with van der Waals surface area (Å²) < 4.78 is 5.22. The highest BCUT2D eigenvalue weighted by Gasteiger charge is 2.30. The molecule has 0 unspecified atom stereocenters. The van der Waals surface area contributed by atoms with E-state index < -0.39 is 18.0 Å². The molecule has 0 bridgehead atoms. The molecule has 2 aromatic rings. The van der Waals surface area contributed by atoms with Crippen LogP contribution in [-0.4, -0.2) is 29.8 Å². The van der Waals surface area contributed by atoms with E-state index in [4.69, 9.17) is 4.74 Å². The van der Waals surface area contributed by atoms with Crippen molar-refractivity contribution >= 4 is 35.1 Å². The molecular weight excluding hydrogens is 372 g/mol. The van der Waals surface area contributed by atoms with Crippen molar-refractivity contribution in [3.05, 3.63) is 59.7 Å². The van der Waals surface area contributed by atoms with E-state index in [1.54, 1.807) is 12.1 Å². The number of aryl methyl sites for hydroxylation is 1. The van der Waals surface area contributed by atoms with Gasteiger partial charge in [0.05, 0.1) is 11.3 Å². The number of nitrogens with zero attached hydrogens (tertiary/aromatic N) is 1. The number of amides is 3. The van der Waals surface area contributed by atoms with Gasteiger partial charge in [-0.15, -0.1) is 0 Å². The zero-order valence-electron chi connectivity index (χ0n) is 16.3. The summed E-state index contributed by atoms with van der Waals surface area (Å²) in [6.45, 7) is 3.53. The van der Waals surface area contributed by atoms with Gasteiger partial charge in [0.1, 0.15) is 0 Å². The van der Waals surface area contributed by atoms with Crippen LogP contribution < -0.4 is 10.2 Å². The number of hydrogen-bond acceptors (Lipinski definition) is 5. The molecule has 1 fully saturated rings. The minimum absolute atomic E-state index is 0.191. The minimum atomic E-state index is -0.991. The largest absolute Gasteiger partial charge is 0.449 e. The third-order valence-corrected chi connectivity index (χ3v) is 4.70. The Morgan fingerprint density at radius 2 is 1.59 bits per heavy atom. The van der Waals surface area contributed by atoms with Crippen LogP contribution in [0.1, 0.15) is 42.6 Å². The Morgan fingerprint density at radius 1 is 1.00 bits per heavy atom. The smallest absolute Gasteiger partial charge is 0.338 e. The van der Waals surface area contributed by atoms with Crippen LogP contribution in [0.5, 0.6) is 0 Å². The number of rotatable bonds is 6. The zero-order valence-corrected chi connectivity index (χ0v) is 16.3. The maximum Gasteiger partial charge on any atom is 0.338 e. The van der Waals surface area contributed by atoms with E-state index in [0.29, 0.717) is 11.4 Å². The van der Waals surface area contributed by atoms with Crippen LogP contribution in [0, 0.1) is 0 Å². The highest BCUT2D eigenvalue weighted by Crippen LogP contribution is 2.23. The van der Waals surface area contributed by atoms with E-state index in [-0.39, 0.29) is 30.2 Å². The first-order valence-electron chi connectivity index (χ1n) is 9.45. The van der Waals surface area contributed by atoms with E-state index in [0.717, 1.165) is 16.9 Å². The Morgan fingerprint density at radius 3 is 2.14 bits per heavy atom. The highest BCUT2D eigenvalue weighted by molar-refractivity contribution is 6.19. The third-order valence-electron chi connectivity index (χ3n) is 4.70. The molecule has 0 aliphatic carbocycles. The van der Waals surface area contributed by atoms with Crippen molar-refractivity contribution in [1.82, 2.24) is 0 Å². The van der Waals surface area contributed by atoms with Crippen LogP contribution in [0.25, 0.3) is 0 Å². The van der Waals surface area contributed by atoms with Gasteiger partial charge in [-0.05, 0) is 55.3 Å². The number of nitrogens with one attached hydrogen (secondary N) is 1. The molecule has 29 heavy (non-hydrogen) atoms. The molecule has 150 valence electrons. The summed E-state index contributed by atoms with van der Waals surface area (Å²) in [5.74, 6) is -1.63. The van der Waals surface area contributed by atoms with Gasteiger partial charge in [0.15, 0.2) is 6.10 Å². The van der Waals surface area contributed by atoms with Crippen LogP contribution in [0.3, 0.4) is 0 Å². The molecule has 1 atom stereocenters. The van der Waals surface area contributed by atoms with Gasteiger partial charge < -0.3 is 10.1 Å². The molecule has 1 aliphatic rings. The summed E-state index contributed by atoms with van der Waals surface area (Å²) >= 11 is 0. The third kappa shape index (κ3) is 4.68. The predicted molar refractivity (Wildman–Crippen MR) is 107 cm³/mol. The normalized spacial score (nSPS) is 14.6. The van der Waals surface area contributed by atoms with Gasteiger partial charge in [-0.3, -0.25) is 19.3 Å². The molecule has 7 nitrogen and oxygen atoms in total. The number of anilines is 2. The van der Waals surface area contributed by atoms with E-state index >= 15 is 0 Å². The summed E-state index contributed by atoms with van der Waals surface area (Å²) in [7, 11) is 0. The molecule has 0 saturated carbocycles. The topological polar surface area (TPSA) is 92.8 Å². The monoisotopic (exact) mass is 394 g/mol. The molecule has 1 heterocycles. The molecule has 3 amide bonds. The Labute approximate surface area is 168 Å². The second-order valence-electron chi connectivity index (χ2n) is 6.76. The molecule has 7 heteroatoms. The number of ether oxygens (including phenoxy) is 1. The Hall–Kier alpha value is -3.48. The molecule has 0 aromatic heterocycles. The summed E-state index contributed by atoms with van der Waals surface area (Å²) in [5.41, 5.74) is 2.41. The number of benzene rings is 2. The van der Waals surface area contributed by atoms with Gasteiger partial charge in [0.25, 0.3) is 5.91 Å². The Balaban J connectivity index is 1.59. The van der Waals surface area contributed by atoms with Crippen molar-refractivity contribution in [3.63, 3.8) is 0 Å². The maximum atomic E-state index is 12.3. The summed E-state index contributed by atoms with van der Waals surface area (Å²) in [4.78, 5) is 49.2. The van der Waals surface area contributed by atoms with Gasteiger partial charge >= 0.3 is 5.97 Å². The highest BCUT2D eigenvalue weighted by atomic mass is 16.5. The van der Waals surface area contributed by atoms with Crippen molar-refractivity contribution in [2.45, 2.75) is 39.2 Å². The van der Waals surface area contributed by atoms with Gasteiger partial charge in [0.2, 0.25) is 11.8 Å². The van der Waals surface area contributed by atoms with Crippen molar-refractivity contribution in [1.29, 1.82) is 0 Å². The van der Waals surface area contributed by atoms with E-state index in [2.05, 4.69) is 5.32 Å².